The molecule has 0 saturated carbocycles. The lowest BCUT2D eigenvalue weighted by Gasteiger charge is -2.01. The fraction of sp³-hybridized carbons (Fsp3) is 0. The van der Waals surface area contributed by atoms with E-state index in [0.717, 1.165) is 16.9 Å². The summed E-state index contributed by atoms with van der Waals surface area (Å²) in [4.78, 5) is 10.9. The number of aromatic nitrogens is 1. The van der Waals surface area contributed by atoms with Crippen molar-refractivity contribution in [1.82, 2.24) is 5.16 Å². The third kappa shape index (κ3) is 2.48. The summed E-state index contributed by atoms with van der Waals surface area (Å²) in [7, 11) is 0. The molecule has 0 amide bonds. The van der Waals surface area contributed by atoms with Crippen molar-refractivity contribution in [2.75, 3.05) is 5.73 Å². The quantitative estimate of drug-likeness (QED) is 0.575. The van der Waals surface area contributed by atoms with Gasteiger partial charge in [-0.3, -0.25) is 10.1 Å². The normalized spacial score (nSPS) is 10.7. The smallest absolute Gasteiger partial charge is 0.324 e. The van der Waals surface area contributed by atoms with Crippen molar-refractivity contribution >= 4 is 33.8 Å². The molecule has 1 aromatic carbocycles. The van der Waals surface area contributed by atoms with Crippen molar-refractivity contribution in [1.29, 1.82) is 0 Å². The van der Waals surface area contributed by atoms with Crippen LogP contribution < -0.4 is 5.73 Å². The maximum absolute atomic E-state index is 10.8. The molecule has 0 spiro atoms. The van der Waals surface area contributed by atoms with Crippen LogP contribution in [-0.4, -0.2) is 10.1 Å². The van der Waals surface area contributed by atoms with Crippen LogP contribution in [0.25, 0.3) is 21.7 Å². The first-order valence-corrected chi connectivity index (χ1v) is 7.01. The fourth-order valence-electron chi connectivity index (χ4n) is 1.95. The van der Waals surface area contributed by atoms with E-state index < -0.39 is 4.92 Å². The van der Waals surface area contributed by atoms with Crippen molar-refractivity contribution < 1.29 is 9.45 Å². The van der Waals surface area contributed by atoms with Gasteiger partial charge in [-0.05, 0) is 23.8 Å². The molecule has 3 rings (SSSR count). The number of rotatable bonds is 3. The monoisotopic (exact) mass is 321 g/mol. The highest BCUT2D eigenvalue weighted by Gasteiger charge is 2.21. The standard InChI is InChI=1S/C13H8ClN3O3S/c14-8-3-1-2-7(6-8)11-12(16-20-13(11)15)9-4-5-10(21-9)17(18)19/h1-6H,15H2. The summed E-state index contributed by atoms with van der Waals surface area (Å²) in [6, 6.07) is 10.1. The number of nitrogens with two attached hydrogens (primary N) is 1. The first kappa shape index (κ1) is 13.6. The van der Waals surface area contributed by atoms with Gasteiger partial charge in [0.05, 0.1) is 15.4 Å². The molecule has 0 unspecified atom stereocenters. The van der Waals surface area contributed by atoms with Gasteiger partial charge in [-0.2, -0.15) is 0 Å². The van der Waals surface area contributed by atoms with Gasteiger partial charge < -0.3 is 10.3 Å². The van der Waals surface area contributed by atoms with E-state index in [1.807, 2.05) is 6.07 Å². The Bertz CT molecular complexity index is 828. The minimum absolute atomic E-state index is 0.0311. The van der Waals surface area contributed by atoms with Gasteiger partial charge in [0.1, 0.15) is 5.69 Å². The highest BCUT2D eigenvalue weighted by atomic mass is 35.5. The van der Waals surface area contributed by atoms with Crippen molar-refractivity contribution in [3.8, 4) is 21.7 Å². The molecule has 0 aliphatic rings. The van der Waals surface area contributed by atoms with Gasteiger partial charge in [-0.25, -0.2) is 0 Å². The van der Waals surface area contributed by atoms with Gasteiger partial charge in [-0.15, -0.1) is 0 Å². The zero-order chi connectivity index (χ0) is 15.0. The Morgan fingerprint density at radius 2 is 2.14 bits per heavy atom. The Morgan fingerprint density at radius 1 is 1.33 bits per heavy atom. The lowest BCUT2D eigenvalue weighted by molar-refractivity contribution is -0.380. The first-order chi connectivity index (χ1) is 10.1. The lowest BCUT2D eigenvalue weighted by Crippen LogP contribution is -1.86. The Hall–Kier alpha value is -2.38. The summed E-state index contributed by atoms with van der Waals surface area (Å²) in [5.74, 6) is 0.142. The van der Waals surface area contributed by atoms with Crippen LogP contribution in [0.2, 0.25) is 5.02 Å². The third-order valence-electron chi connectivity index (χ3n) is 2.84. The molecule has 0 saturated heterocycles. The molecule has 2 heterocycles. The minimum Gasteiger partial charge on any atom is -0.367 e. The van der Waals surface area contributed by atoms with Crippen LogP contribution >= 0.6 is 22.9 Å². The average Bonchev–Trinajstić information content (AvgIpc) is 3.05. The fourth-order valence-corrected chi connectivity index (χ4v) is 2.95. The molecule has 8 heteroatoms. The molecule has 6 nitrogen and oxygen atoms in total. The minimum atomic E-state index is -0.448. The Labute approximate surface area is 127 Å². The van der Waals surface area contributed by atoms with E-state index in [0.29, 0.717) is 21.2 Å². The summed E-state index contributed by atoms with van der Waals surface area (Å²) < 4.78 is 5.04. The van der Waals surface area contributed by atoms with Crippen molar-refractivity contribution in [2.45, 2.75) is 0 Å². The van der Waals surface area contributed by atoms with Gasteiger partial charge >= 0.3 is 5.00 Å². The van der Waals surface area contributed by atoms with Crippen molar-refractivity contribution in [3.63, 3.8) is 0 Å². The number of nitro groups is 1. The number of halogens is 1. The number of anilines is 1. The zero-order valence-corrected chi connectivity index (χ0v) is 12.0. The van der Waals surface area contributed by atoms with Crippen molar-refractivity contribution in [2.24, 2.45) is 0 Å². The SMILES string of the molecule is Nc1onc(-c2ccc([N+](=O)[O-])s2)c1-c1cccc(Cl)c1. The van der Waals surface area contributed by atoms with E-state index in [1.165, 1.54) is 6.07 Å². The topological polar surface area (TPSA) is 95.2 Å². The van der Waals surface area contributed by atoms with Gasteiger partial charge in [0.15, 0.2) is 0 Å². The second kappa shape index (κ2) is 5.19. The number of thiophene rings is 1. The number of hydrogen-bond donors (Lipinski definition) is 1. The van der Waals surface area contributed by atoms with Gasteiger partial charge in [0, 0.05) is 11.1 Å². The van der Waals surface area contributed by atoms with Crippen LogP contribution in [0.15, 0.2) is 40.9 Å². The molecule has 0 fully saturated rings. The summed E-state index contributed by atoms with van der Waals surface area (Å²) in [5.41, 5.74) is 7.61. The van der Waals surface area contributed by atoms with E-state index in [1.54, 1.807) is 24.3 Å². The number of nitrogens with zero attached hydrogens (tertiary/aromatic N) is 2. The number of hydrogen-bond acceptors (Lipinski definition) is 6. The predicted octanol–water partition coefficient (Wildman–Crippen LogP) is 4.21. The Kier molecular flexibility index (Phi) is 3.36. The van der Waals surface area contributed by atoms with E-state index in [-0.39, 0.29) is 10.9 Å². The number of benzene rings is 1. The van der Waals surface area contributed by atoms with E-state index in [9.17, 15) is 10.1 Å². The van der Waals surface area contributed by atoms with Crippen molar-refractivity contribution in [3.05, 3.63) is 51.5 Å². The second-order valence-electron chi connectivity index (χ2n) is 4.18. The molecule has 2 aromatic heterocycles. The maximum Gasteiger partial charge on any atom is 0.324 e. The molecule has 0 aliphatic carbocycles. The highest BCUT2D eigenvalue weighted by molar-refractivity contribution is 7.18. The summed E-state index contributed by atoms with van der Waals surface area (Å²) >= 11 is 6.99. The summed E-state index contributed by atoms with van der Waals surface area (Å²) in [5, 5.41) is 15.3. The van der Waals surface area contributed by atoms with E-state index >= 15 is 0 Å². The molecule has 0 atom stereocenters. The molecule has 3 aromatic rings. The van der Waals surface area contributed by atoms with Crippen LogP contribution in [0.4, 0.5) is 10.9 Å². The van der Waals surface area contributed by atoms with Gasteiger partial charge in [0.25, 0.3) is 0 Å². The third-order valence-corrected chi connectivity index (χ3v) is 4.12. The molecule has 106 valence electrons. The van der Waals surface area contributed by atoms with E-state index in [4.69, 9.17) is 21.9 Å². The molecule has 2 N–H and O–H groups in total. The van der Waals surface area contributed by atoms with Gasteiger partial charge in [0.2, 0.25) is 5.88 Å². The molecule has 0 bridgehead atoms. The molecule has 0 radical (unpaired) electrons. The molecule has 21 heavy (non-hydrogen) atoms. The predicted molar refractivity (Wildman–Crippen MR) is 81.3 cm³/mol. The summed E-state index contributed by atoms with van der Waals surface area (Å²) in [6.45, 7) is 0. The average molecular weight is 322 g/mol. The van der Waals surface area contributed by atoms with Crippen LogP contribution in [0.1, 0.15) is 0 Å². The second-order valence-corrected chi connectivity index (χ2v) is 5.67. The number of nitrogen functional groups attached to an aromatic ring is 1. The Morgan fingerprint density at radius 3 is 2.81 bits per heavy atom. The Balaban J connectivity index is 2.14. The van der Waals surface area contributed by atoms with Crippen LogP contribution in [-0.2, 0) is 0 Å². The zero-order valence-electron chi connectivity index (χ0n) is 10.4. The van der Waals surface area contributed by atoms with Crippen LogP contribution in [0.5, 0.6) is 0 Å². The van der Waals surface area contributed by atoms with Crippen LogP contribution in [0, 0.1) is 10.1 Å². The summed E-state index contributed by atoms with van der Waals surface area (Å²) in [6.07, 6.45) is 0. The van der Waals surface area contributed by atoms with Crippen LogP contribution in [0.3, 0.4) is 0 Å². The maximum atomic E-state index is 10.8. The molecular formula is C13H8ClN3O3S. The molecular weight excluding hydrogens is 314 g/mol. The molecule has 0 aliphatic heterocycles. The first-order valence-electron chi connectivity index (χ1n) is 5.82. The largest absolute Gasteiger partial charge is 0.367 e. The highest BCUT2D eigenvalue weighted by Crippen LogP contribution is 2.41. The lowest BCUT2D eigenvalue weighted by atomic mass is 10.1. The van der Waals surface area contributed by atoms with E-state index in [2.05, 4.69) is 5.16 Å². The van der Waals surface area contributed by atoms with Gasteiger partial charge in [-0.1, -0.05) is 40.2 Å².